The van der Waals surface area contributed by atoms with Crippen LogP contribution in [0.1, 0.15) is 27.2 Å². The summed E-state index contributed by atoms with van der Waals surface area (Å²) in [6.07, 6.45) is 1.66. The van der Waals surface area contributed by atoms with Crippen molar-refractivity contribution in [3.63, 3.8) is 0 Å². The van der Waals surface area contributed by atoms with Gasteiger partial charge in [0.05, 0.1) is 24.0 Å². The molecule has 0 saturated carbocycles. The molecule has 0 fully saturated rings. The van der Waals surface area contributed by atoms with E-state index in [4.69, 9.17) is 23.2 Å². The van der Waals surface area contributed by atoms with Gasteiger partial charge in [0, 0.05) is 27.4 Å². The molecule has 0 aliphatic rings. The summed E-state index contributed by atoms with van der Waals surface area (Å²) in [4.78, 5) is 26.0. The van der Waals surface area contributed by atoms with E-state index < -0.39 is 17.3 Å². The molecule has 0 aliphatic carbocycles. The Morgan fingerprint density at radius 3 is 2.77 bits per heavy atom. The molecule has 0 amide bonds. The largest absolute Gasteiger partial charge is 0.477 e. The van der Waals surface area contributed by atoms with Crippen LogP contribution in [0.3, 0.4) is 0 Å². The first kappa shape index (κ1) is 20.1. The molecule has 10 heteroatoms. The quantitative estimate of drug-likeness (QED) is 0.483. The van der Waals surface area contributed by atoms with E-state index in [1.807, 2.05) is 0 Å². The molecule has 2 aromatic carbocycles. The van der Waals surface area contributed by atoms with Gasteiger partial charge < -0.3 is 10.1 Å². The minimum atomic E-state index is -1.33. The number of aromatic nitrogens is 4. The molecule has 0 aliphatic heterocycles. The number of rotatable bonds is 5. The van der Waals surface area contributed by atoms with Crippen molar-refractivity contribution < 1.29 is 14.3 Å². The maximum absolute atomic E-state index is 14.2. The molecule has 0 spiro atoms. The van der Waals surface area contributed by atoms with Crippen molar-refractivity contribution in [2.45, 2.75) is 13.0 Å². The Morgan fingerprint density at radius 2 is 2.03 bits per heavy atom. The highest BCUT2D eigenvalue weighted by Gasteiger charge is 2.16. The Balaban J connectivity index is 1.76. The van der Waals surface area contributed by atoms with Gasteiger partial charge in [-0.3, -0.25) is 4.79 Å². The number of carboxylic acid groups (broad SMARTS) is 1. The summed E-state index contributed by atoms with van der Waals surface area (Å²) in [6.45, 7) is 0.167. The van der Waals surface area contributed by atoms with Crippen LogP contribution in [0, 0.1) is 5.82 Å². The van der Waals surface area contributed by atoms with E-state index in [9.17, 15) is 19.1 Å². The number of aromatic amines is 1. The molecule has 30 heavy (non-hydrogen) atoms. The third-order valence-electron chi connectivity index (χ3n) is 4.67. The lowest BCUT2D eigenvalue weighted by Crippen LogP contribution is -2.18. The van der Waals surface area contributed by atoms with Crippen LogP contribution in [0.4, 0.5) is 4.39 Å². The number of halogens is 3. The summed E-state index contributed by atoms with van der Waals surface area (Å²) >= 11 is 12.3. The molecule has 2 N–H and O–H groups in total. The fraction of sp³-hybridized carbons (Fsp3) is 0.100. The van der Waals surface area contributed by atoms with Crippen molar-refractivity contribution in [2.24, 2.45) is 0 Å². The van der Waals surface area contributed by atoms with E-state index in [1.165, 1.54) is 29.1 Å². The summed E-state index contributed by atoms with van der Waals surface area (Å²) in [6, 6.07) is 8.92. The molecular formula is C20H13Cl2FN4O3. The molecule has 152 valence electrons. The van der Waals surface area contributed by atoms with Gasteiger partial charge in [0.25, 0.3) is 5.56 Å². The van der Waals surface area contributed by atoms with Gasteiger partial charge in [-0.15, -0.1) is 5.10 Å². The average molecular weight is 447 g/mol. The smallest absolute Gasteiger partial charge is 0.341 e. The zero-order valence-corrected chi connectivity index (χ0v) is 16.7. The van der Waals surface area contributed by atoms with Gasteiger partial charge in [-0.25, -0.2) is 13.9 Å². The monoisotopic (exact) mass is 446 g/mol. The molecule has 0 saturated heterocycles. The number of nitrogens with one attached hydrogen (secondary N) is 1. The van der Waals surface area contributed by atoms with Crippen LogP contribution < -0.4 is 5.56 Å². The Morgan fingerprint density at radius 1 is 1.23 bits per heavy atom. The first-order valence-corrected chi connectivity index (χ1v) is 9.48. The van der Waals surface area contributed by atoms with E-state index in [1.54, 1.807) is 18.2 Å². The van der Waals surface area contributed by atoms with E-state index >= 15 is 0 Å². The Labute approximate surface area is 178 Å². The van der Waals surface area contributed by atoms with E-state index in [0.717, 1.165) is 0 Å². The molecule has 0 unspecified atom stereocenters. The molecular weight excluding hydrogens is 434 g/mol. The van der Waals surface area contributed by atoms with E-state index in [-0.39, 0.29) is 18.5 Å². The number of H-pyrrole nitrogens is 1. The highest BCUT2D eigenvalue weighted by molar-refractivity contribution is 6.31. The maximum Gasteiger partial charge on any atom is 0.341 e. The van der Waals surface area contributed by atoms with Gasteiger partial charge in [0.15, 0.2) is 0 Å². The second-order valence-electron chi connectivity index (χ2n) is 6.61. The van der Waals surface area contributed by atoms with Crippen molar-refractivity contribution in [1.29, 1.82) is 0 Å². The predicted molar refractivity (Wildman–Crippen MR) is 110 cm³/mol. The van der Waals surface area contributed by atoms with Crippen molar-refractivity contribution in [1.82, 2.24) is 20.0 Å². The number of nitrogens with zero attached hydrogens (tertiary/aromatic N) is 3. The van der Waals surface area contributed by atoms with Gasteiger partial charge >= 0.3 is 5.97 Å². The molecule has 2 aromatic heterocycles. The number of fused-ring (bicyclic) bond motifs is 1. The van der Waals surface area contributed by atoms with E-state index in [2.05, 4.69) is 15.3 Å². The van der Waals surface area contributed by atoms with Crippen molar-refractivity contribution >= 4 is 40.1 Å². The van der Waals surface area contributed by atoms with Crippen LogP contribution in [0.2, 0.25) is 10.0 Å². The summed E-state index contributed by atoms with van der Waals surface area (Å²) in [5, 5.41) is 18.2. The number of pyridine rings is 1. The van der Waals surface area contributed by atoms with Crippen molar-refractivity contribution in [3.8, 4) is 0 Å². The van der Waals surface area contributed by atoms with Crippen molar-refractivity contribution in [3.05, 3.63) is 91.2 Å². The highest BCUT2D eigenvalue weighted by Crippen LogP contribution is 2.25. The molecule has 2 heterocycles. The predicted octanol–water partition coefficient (Wildman–Crippen LogP) is 3.90. The van der Waals surface area contributed by atoms with Crippen LogP contribution in [0.15, 0.2) is 47.4 Å². The number of carbonyl (C=O) groups is 1. The number of carboxylic acids is 1. The molecule has 4 rings (SSSR count). The summed E-state index contributed by atoms with van der Waals surface area (Å²) in [7, 11) is 0. The van der Waals surface area contributed by atoms with Crippen LogP contribution in [-0.4, -0.2) is 31.1 Å². The standard InChI is InChI=1S/C20H13Cl2FN4O3/c21-12-4-10-6-15(20(29)30)19(28)25-18(10)11(5-12)9-27-13(8-24-26-27)7-14-16(22)2-1-3-17(14)23/h1-6,8H,7,9H2,(H,25,28)(H,29,30). The second kappa shape index (κ2) is 7.89. The Hall–Kier alpha value is -3.23. The minimum Gasteiger partial charge on any atom is -0.477 e. The van der Waals surface area contributed by atoms with E-state index in [0.29, 0.717) is 37.8 Å². The fourth-order valence-electron chi connectivity index (χ4n) is 3.23. The number of aromatic carboxylic acids is 1. The van der Waals surface area contributed by atoms with Crippen LogP contribution in [-0.2, 0) is 13.0 Å². The lowest BCUT2D eigenvalue weighted by atomic mass is 10.1. The topological polar surface area (TPSA) is 101 Å². The molecule has 4 aromatic rings. The minimum absolute atomic E-state index is 0.163. The molecule has 0 atom stereocenters. The molecule has 0 bridgehead atoms. The number of hydrogen-bond donors (Lipinski definition) is 2. The summed E-state index contributed by atoms with van der Waals surface area (Å²) < 4.78 is 15.7. The fourth-order valence-corrected chi connectivity index (χ4v) is 3.71. The first-order valence-electron chi connectivity index (χ1n) is 8.72. The summed E-state index contributed by atoms with van der Waals surface area (Å²) in [5.41, 5.74) is 0.831. The Bertz CT molecular complexity index is 1330. The summed E-state index contributed by atoms with van der Waals surface area (Å²) in [5.74, 6) is -1.77. The van der Waals surface area contributed by atoms with Crippen LogP contribution >= 0.6 is 23.2 Å². The first-order chi connectivity index (χ1) is 14.3. The highest BCUT2D eigenvalue weighted by atomic mass is 35.5. The van der Waals surface area contributed by atoms with Gasteiger partial charge in [-0.05, 0) is 35.9 Å². The van der Waals surface area contributed by atoms with Crippen LogP contribution in [0.5, 0.6) is 0 Å². The zero-order valence-electron chi connectivity index (χ0n) is 15.2. The third kappa shape index (κ3) is 3.79. The Kier molecular flexibility index (Phi) is 5.27. The van der Waals surface area contributed by atoms with Crippen LogP contribution in [0.25, 0.3) is 10.9 Å². The lowest BCUT2D eigenvalue weighted by Gasteiger charge is -2.11. The van der Waals surface area contributed by atoms with Gasteiger partial charge in [-0.2, -0.15) is 0 Å². The van der Waals surface area contributed by atoms with Gasteiger partial charge in [0.2, 0.25) is 0 Å². The molecule has 0 radical (unpaired) electrons. The maximum atomic E-state index is 14.2. The zero-order chi connectivity index (χ0) is 21.4. The van der Waals surface area contributed by atoms with Crippen molar-refractivity contribution in [2.75, 3.05) is 0 Å². The third-order valence-corrected chi connectivity index (χ3v) is 5.24. The average Bonchev–Trinajstić information content (AvgIpc) is 3.11. The number of benzene rings is 2. The lowest BCUT2D eigenvalue weighted by molar-refractivity contribution is 0.0695. The normalized spacial score (nSPS) is 11.2. The SMILES string of the molecule is O=C(O)c1cc2cc(Cl)cc(Cn3nncc3Cc3c(F)cccc3Cl)c2[nH]c1=O. The number of hydrogen-bond acceptors (Lipinski definition) is 4. The second-order valence-corrected chi connectivity index (χ2v) is 7.45. The van der Waals surface area contributed by atoms with Gasteiger partial charge in [-0.1, -0.05) is 34.5 Å². The van der Waals surface area contributed by atoms with Gasteiger partial charge in [0.1, 0.15) is 11.4 Å². The molecule has 7 nitrogen and oxygen atoms in total.